The number of nitrogens with two attached hydrogens (primary N) is 1. The Morgan fingerprint density at radius 1 is 1.36 bits per heavy atom. The van der Waals surface area contributed by atoms with Gasteiger partial charge >= 0.3 is 0 Å². The van der Waals surface area contributed by atoms with Crippen molar-refractivity contribution in [2.45, 2.75) is 18.2 Å². The molecule has 0 saturated heterocycles. The lowest BCUT2D eigenvalue weighted by Gasteiger charge is -2.10. The molecule has 0 aromatic heterocycles. The minimum atomic E-state index is 0.690. The van der Waals surface area contributed by atoms with Gasteiger partial charge in [0.05, 0.1) is 13.7 Å². The highest BCUT2D eigenvalue weighted by Gasteiger charge is 2.04. The average molecular weight is 213 g/mol. The molecule has 0 aliphatic rings. The van der Waals surface area contributed by atoms with E-state index in [9.17, 15) is 0 Å². The summed E-state index contributed by atoms with van der Waals surface area (Å²) in [4.78, 5) is 0.969. The number of rotatable bonds is 5. The molecule has 14 heavy (non-hydrogen) atoms. The van der Waals surface area contributed by atoms with Gasteiger partial charge in [0.25, 0.3) is 0 Å². The third-order valence-electron chi connectivity index (χ3n) is 1.73. The first kappa shape index (κ1) is 11.2. The van der Waals surface area contributed by atoms with Crippen LogP contribution < -0.4 is 14.6 Å². The Bertz CT molecular complexity index is 291. The molecule has 1 aromatic rings. The Kier molecular flexibility index (Phi) is 4.62. The molecule has 0 bridgehead atoms. The second-order valence-electron chi connectivity index (χ2n) is 2.78. The fourth-order valence-electron chi connectivity index (χ4n) is 1.06. The summed E-state index contributed by atoms with van der Waals surface area (Å²) >= 11 is 1.20. The van der Waals surface area contributed by atoms with Crippen LogP contribution in [-0.2, 0) is 0 Å². The van der Waals surface area contributed by atoms with Gasteiger partial charge in [-0.05, 0) is 36.6 Å². The molecule has 0 heterocycles. The van der Waals surface area contributed by atoms with E-state index in [-0.39, 0.29) is 0 Å². The molecule has 0 amide bonds. The van der Waals surface area contributed by atoms with E-state index < -0.39 is 0 Å². The molecular weight excluding hydrogens is 198 g/mol. The van der Waals surface area contributed by atoms with E-state index in [4.69, 9.17) is 14.6 Å². The van der Waals surface area contributed by atoms with E-state index in [1.54, 1.807) is 7.11 Å². The third kappa shape index (κ3) is 2.82. The number of methoxy groups -OCH3 is 1. The number of hydrogen-bond donors (Lipinski definition) is 1. The van der Waals surface area contributed by atoms with Gasteiger partial charge in [0.2, 0.25) is 0 Å². The molecule has 0 unspecified atom stereocenters. The predicted octanol–water partition coefficient (Wildman–Crippen LogP) is 2.45. The van der Waals surface area contributed by atoms with Crippen molar-refractivity contribution < 1.29 is 9.47 Å². The molecule has 1 aromatic carbocycles. The summed E-state index contributed by atoms with van der Waals surface area (Å²) in [5, 5.41) is 5.46. The van der Waals surface area contributed by atoms with Gasteiger partial charge in [0, 0.05) is 4.90 Å². The van der Waals surface area contributed by atoms with Crippen LogP contribution >= 0.6 is 11.9 Å². The molecule has 0 fully saturated rings. The molecule has 0 atom stereocenters. The van der Waals surface area contributed by atoms with Gasteiger partial charge in [-0.25, -0.2) is 0 Å². The van der Waals surface area contributed by atoms with Crippen LogP contribution in [0.5, 0.6) is 11.5 Å². The highest BCUT2D eigenvalue weighted by Crippen LogP contribution is 2.30. The van der Waals surface area contributed by atoms with E-state index in [2.05, 4.69) is 6.92 Å². The van der Waals surface area contributed by atoms with Crippen LogP contribution in [0.15, 0.2) is 23.1 Å². The number of hydrogen-bond acceptors (Lipinski definition) is 4. The normalized spacial score (nSPS) is 9.93. The first-order valence-electron chi connectivity index (χ1n) is 4.49. The van der Waals surface area contributed by atoms with Crippen molar-refractivity contribution in [2.75, 3.05) is 13.7 Å². The van der Waals surface area contributed by atoms with Gasteiger partial charge in [-0.15, -0.1) is 0 Å². The molecule has 0 aliphatic carbocycles. The molecule has 2 N–H and O–H groups in total. The van der Waals surface area contributed by atoms with E-state index in [1.165, 1.54) is 11.9 Å². The molecule has 1 rings (SSSR count). The Morgan fingerprint density at radius 2 is 2.14 bits per heavy atom. The summed E-state index contributed by atoms with van der Waals surface area (Å²) < 4.78 is 10.7. The van der Waals surface area contributed by atoms with E-state index in [0.29, 0.717) is 6.61 Å². The SMILES string of the molecule is CCCOc1cc(SN)ccc1OC. The Hall–Kier alpha value is -0.870. The topological polar surface area (TPSA) is 44.5 Å². The molecule has 0 radical (unpaired) electrons. The largest absolute Gasteiger partial charge is 0.493 e. The lowest BCUT2D eigenvalue weighted by atomic mass is 10.3. The van der Waals surface area contributed by atoms with E-state index >= 15 is 0 Å². The summed E-state index contributed by atoms with van der Waals surface area (Å²) in [6, 6.07) is 5.65. The third-order valence-corrected chi connectivity index (χ3v) is 2.26. The van der Waals surface area contributed by atoms with Crippen LogP contribution in [0.25, 0.3) is 0 Å². The van der Waals surface area contributed by atoms with Crippen LogP contribution in [0.4, 0.5) is 0 Å². The summed E-state index contributed by atoms with van der Waals surface area (Å²) in [6.45, 7) is 2.75. The first-order chi connectivity index (χ1) is 6.81. The number of ether oxygens (including phenoxy) is 2. The van der Waals surface area contributed by atoms with E-state index in [1.807, 2.05) is 18.2 Å². The molecule has 0 saturated carbocycles. The highest BCUT2D eigenvalue weighted by atomic mass is 32.2. The zero-order chi connectivity index (χ0) is 10.4. The summed E-state index contributed by atoms with van der Waals surface area (Å²) in [6.07, 6.45) is 0.975. The summed E-state index contributed by atoms with van der Waals surface area (Å²) in [7, 11) is 1.63. The minimum absolute atomic E-state index is 0.690. The zero-order valence-corrected chi connectivity index (χ0v) is 9.26. The van der Waals surface area contributed by atoms with Gasteiger partial charge in [0.15, 0.2) is 11.5 Å². The Morgan fingerprint density at radius 3 is 2.71 bits per heavy atom. The maximum Gasteiger partial charge on any atom is 0.162 e. The van der Waals surface area contributed by atoms with Gasteiger partial charge in [0.1, 0.15) is 0 Å². The quantitative estimate of drug-likeness (QED) is 0.763. The van der Waals surface area contributed by atoms with E-state index in [0.717, 1.165) is 22.8 Å². The standard InChI is InChI=1S/C10H15NO2S/c1-3-6-13-10-7-8(14-11)4-5-9(10)12-2/h4-5,7H,3,6,11H2,1-2H3. The second kappa shape index (κ2) is 5.78. The van der Waals surface area contributed by atoms with Crippen LogP contribution in [0.2, 0.25) is 0 Å². The van der Waals surface area contributed by atoms with Crippen molar-refractivity contribution in [3.05, 3.63) is 18.2 Å². The van der Waals surface area contributed by atoms with Crippen molar-refractivity contribution in [3.63, 3.8) is 0 Å². The lowest BCUT2D eigenvalue weighted by Crippen LogP contribution is -1.98. The van der Waals surface area contributed by atoms with Gasteiger partial charge in [-0.3, -0.25) is 5.14 Å². The maximum absolute atomic E-state index is 5.53. The van der Waals surface area contributed by atoms with Crippen molar-refractivity contribution in [2.24, 2.45) is 5.14 Å². The fourth-order valence-corrected chi connectivity index (χ4v) is 1.38. The maximum atomic E-state index is 5.53. The lowest BCUT2D eigenvalue weighted by molar-refractivity contribution is 0.293. The molecule has 78 valence electrons. The smallest absolute Gasteiger partial charge is 0.162 e. The highest BCUT2D eigenvalue weighted by molar-refractivity contribution is 7.97. The van der Waals surface area contributed by atoms with Crippen molar-refractivity contribution in [3.8, 4) is 11.5 Å². The molecule has 3 nitrogen and oxygen atoms in total. The summed E-state index contributed by atoms with van der Waals surface area (Å²) in [5.41, 5.74) is 0. The first-order valence-corrected chi connectivity index (χ1v) is 5.37. The van der Waals surface area contributed by atoms with Crippen molar-refractivity contribution in [1.29, 1.82) is 0 Å². The predicted molar refractivity (Wildman–Crippen MR) is 58.8 cm³/mol. The Balaban J connectivity index is 2.84. The van der Waals surface area contributed by atoms with Crippen molar-refractivity contribution in [1.82, 2.24) is 0 Å². The Labute approximate surface area is 88.7 Å². The van der Waals surface area contributed by atoms with Crippen molar-refractivity contribution >= 4 is 11.9 Å². The van der Waals surface area contributed by atoms with Gasteiger partial charge in [-0.1, -0.05) is 6.92 Å². The number of benzene rings is 1. The van der Waals surface area contributed by atoms with Gasteiger partial charge in [-0.2, -0.15) is 0 Å². The molecular formula is C10H15NO2S. The fraction of sp³-hybridized carbons (Fsp3) is 0.400. The molecule has 4 heteroatoms. The average Bonchev–Trinajstić information content (AvgIpc) is 2.25. The monoisotopic (exact) mass is 213 g/mol. The van der Waals surface area contributed by atoms with Crippen LogP contribution in [0.3, 0.4) is 0 Å². The van der Waals surface area contributed by atoms with Crippen LogP contribution in [-0.4, -0.2) is 13.7 Å². The van der Waals surface area contributed by atoms with Crippen LogP contribution in [0, 0.1) is 0 Å². The molecule has 0 spiro atoms. The van der Waals surface area contributed by atoms with Crippen LogP contribution in [0.1, 0.15) is 13.3 Å². The van der Waals surface area contributed by atoms with Gasteiger partial charge < -0.3 is 9.47 Å². The zero-order valence-electron chi connectivity index (χ0n) is 8.45. The summed E-state index contributed by atoms with van der Waals surface area (Å²) in [5.74, 6) is 1.50. The molecule has 0 aliphatic heterocycles. The second-order valence-corrected chi connectivity index (χ2v) is 3.49. The minimum Gasteiger partial charge on any atom is -0.493 e.